The molecule has 0 saturated carbocycles. The molecule has 102 valence electrons. The molecule has 5 nitrogen and oxygen atoms in total. The fraction of sp³-hybridized carbons (Fsp3) is 0.182. The highest BCUT2D eigenvalue weighted by molar-refractivity contribution is 7.89. The number of rotatable bonds is 4. The predicted octanol–water partition coefficient (Wildman–Crippen LogP) is 2.24. The van der Waals surface area contributed by atoms with E-state index in [-0.39, 0.29) is 9.92 Å². The second-order valence-electron chi connectivity index (χ2n) is 3.89. The number of H-pyrrole nitrogens is 1. The average Bonchev–Trinajstić information content (AvgIpc) is 2.80. The molecular weight excluding hydrogens is 293 g/mol. The van der Waals surface area contributed by atoms with Gasteiger partial charge in [0.2, 0.25) is 10.0 Å². The molecular formula is C11H11ClFN3O2S. The molecule has 8 heteroatoms. The second kappa shape index (κ2) is 5.28. The standard InChI is InChI=1S/C11H11ClFN3O2S/c1-7(11-14-4-5-15-11)16-19(17,18)10-3-2-8(13)6-9(10)12/h2-7,16H,1H3,(H,14,15). The zero-order valence-electron chi connectivity index (χ0n) is 9.89. The van der Waals surface area contributed by atoms with E-state index in [4.69, 9.17) is 11.6 Å². The first-order valence-corrected chi connectivity index (χ1v) is 7.23. The molecule has 0 aliphatic heterocycles. The summed E-state index contributed by atoms with van der Waals surface area (Å²) < 4.78 is 39.5. The third-order valence-electron chi connectivity index (χ3n) is 2.44. The minimum atomic E-state index is -3.84. The van der Waals surface area contributed by atoms with Crippen LogP contribution >= 0.6 is 11.6 Å². The highest BCUT2D eigenvalue weighted by Gasteiger charge is 2.22. The van der Waals surface area contributed by atoms with Gasteiger partial charge in [-0.05, 0) is 25.1 Å². The number of nitrogens with one attached hydrogen (secondary N) is 2. The van der Waals surface area contributed by atoms with E-state index in [9.17, 15) is 12.8 Å². The monoisotopic (exact) mass is 303 g/mol. The third kappa shape index (κ3) is 3.12. The van der Waals surface area contributed by atoms with Crippen LogP contribution in [0.5, 0.6) is 0 Å². The summed E-state index contributed by atoms with van der Waals surface area (Å²) >= 11 is 5.74. The van der Waals surface area contributed by atoms with E-state index in [0.29, 0.717) is 5.82 Å². The topological polar surface area (TPSA) is 74.8 Å². The Labute approximate surface area is 114 Å². The normalized spacial score (nSPS) is 13.4. The minimum Gasteiger partial charge on any atom is -0.347 e. The van der Waals surface area contributed by atoms with E-state index < -0.39 is 21.9 Å². The second-order valence-corrected chi connectivity index (χ2v) is 5.98. The van der Waals surface area contributed by atoms with Crippen molar-refractivity contribution in [1.82, 2.24) is 14.7 Å². The van der Waals surface area contributed by atoms with Crippen molar-refractivity contribution in [3.8, 4) is 0 Å². The predicted molar refractivity (Wildman–Crippen MR) is 68.7 cm³/mol. The smallest absolute Gasteiger partial charge is 0.242 e. The molecule has 1 atom stereocenters. The van der Waals surface area contributed by atoms with Crippen LogP contribution in [0.3, 0.4) is 0 Å². The lowest BCUT2D eigenvalue weighted by molar-refractivity contribution is 0.560. The summed E-state index contributed by atoms with van der Waals surface area (Å²) in [4.78, 5) is 6.59. The van der Waals surface area contributed by atoms with Gasteiger partial charge in [0, 0.05) is 12.4 Å². The zero-order chi connectivity index (χ0) is 14.0. The minimum absolute atomic E-state index is 0.167. The molecule has 0 aliphatic carbocycles. The molecule has 1 aromatic carbocycles. The lowest BCUT2D eigenvalue weighted by atomic mass is 10.3. The van der Waals surface area contributed by atoms with Gasteiger partial charge in [-0.3, -0.25) is 0 Å². The first-order chi connectivity index (χ1) is 8.90. The van der Waals surface area contributed by atoms with Gasteiger partial charge in [0.15, 0.2) is 0 Å². The van der Waals surface area contributed by atoms with Crippen molar-refractivity contribution in [2.75, 3.05) is 0 Å². The van der Waals surface area contributed by atoms with Crippen LogP contribution in [-0.2, 0) is 10.0 Å². The van der Waals surface area contributed by atoms with Gasteiger partial charge in [-0.15, -0.1) is 0 Å². The Kier molecular flexibility index (Phi) is 3.88. The number of hydrogen-bond acceptors (Lipinski definition) is 3. The highest BCUT2D eigenvalue weighted by atomic mass is 35.5. The Bertz CT molecular complexity index is 673. The SMILES string of the molecule is CC(NS(=O)(=O)c1ccc(F)cc1Cl)c1ncc[nH]1. The number of aromatic amines is 1. The van der Waals surface area contributed by atoms with Crippen LogP contribution in [0.15, 0.2) is 35.5 Å². The van der Waals surface area contributed by atoms with Crippen LogP contribution in [0.1, 0.15) is 18.8 Å². The lowest BCUT2D eigenvalue weighted by Gasteiger charge is -2.13. The van der Waals surface area contributed by atoms with Gasteiger partial charge in [-0.25, -0.2) is 22.5 Å². The lowest BCUT2D eigenvalue weighted by Crippen LogP contribution is -2.27. The van der Waals surface area contributed by atoms with Crippen LogP contribution in [0.4, 0.5) is 4.39 Å². The summed E-state index contributed by atoms with van der Waals surface area (Å²) in [6.07, 6.45) is 3.11. The van der Waals surface area contributed by atoms with Crippen molar-refractivity contribution >= 4 is 21.6 Å². The van der Waals surface area contributed by atoms with E-state index in [1.165, 1.54) is 6.20 Å². The van der Waals surface area contributed by atoms with Gasteiger partial charge in [-0.1, -0.05) is 11.6 Å². The molecule has 0 bridgehead atoms. The average molecular weight is 304 g/mol. The van der Waals surface area contributed by atoms with Gasteiger partial charge in [0.25, 0.3) is 0 Å². The maximum atomic E-state index is 12.9. The molecule has 0 aliphatic rings. The molecule has 0 amide bonds. The summed E-state index contributed by atoms with van der Waals surface area (Å²) in [6.45, 7) is 1.63. The zero-order valence-corrected chi connectivity index (χ0v) is 11.5. The molecule has 0 saturated heterocycles. The molecule has 0 radical (unpaired) electrons. The summed E-state index contributed by atoms with van der Waals surface area (Å²) in [6, 6.07) is 2.56. The Morgan fingerprint density at radius 2 is 2.21 bits per heavy atom. The molecule has 2 rings (SSSR count). The van der Waals surface area contributed by atoms with Gasteiger partial charge in [0.1, 0.15) is 16.5 Å². The number of nitrogens with zero attached hydrogens (tertiary/aromatic N) is 1. The van der Waals surface area contributed by atoms with E-state index in [0.717, 1.165) is 18.2 Å². The Morgan fingerprint density at radius 1 is 1.47 bits per heavy atom. The van der Waals surface area contributed by atoms with Crippen molar-refractivity contribution in [3.63, 3.8) is 0 Å². The van der Waals surface area contributed by atoms with E-state index >= 15 is 0 Å². The number of halogens is 2. The van der Waals surface area contributed by atoms with E-state index in [1.807, 2.05) is 0 Å². The van der Waals surface area contributed by atoms with Crippen molar-refractivity contribution in [2.24, 2.45) is 0 Å². The van der Waals surface area contributed by atoms with E-state index in [1.54, 1.807) is 13.1 Å². The van der Waals surface area contributed by atoms with Crippen LogP contribution in [0.2, 0.25) is 5.02 Å². The van der Waals surface area contributed by atoms with Crippen molar-refractivity contribution in [3.05, 3.63) is 47.3 Å². The molecule has 0 spiro atoms. The molecule has 1 heterocycles. The van der Waals surface area contributed by atoms with Crippen LogP contribution < -0.4 is 4.72 Å². The van der Waals surface area contributed by atoms with E-state index in [2.05, 4.69) is 14.7 Å². The van der Waals surface area contributed by atoms with Gasteiger partial charge in [0.05, 0.1) is 11.1 Å². The Morgan fingerprint density at radius 3 is 2.79 bits per heavy atom. The number of aromatic nitrogens is 2. The highest BCUT2D eigenvalue weighted by Crippen LogP contribution is 2.23. The first kappa shape index (κ1) is 14.0. The molecule has 2 aromatic rings. The molecule has 1 unspecified atom stereocenters. The third-order valence-corrected chi connectivity index (χ3v) is 4.47. The van der Waals surface area contributed by atoms with Crippen LogP contribution in [0, 0.1) is 5.82 Å². The van der Waals surface area contributed by atoms with Crippen molar-refractivity contribution in [2.45, 2.75) is 17.9 Å². The Balaban J connectivity index is 2.28. The largest absolute Gasteiger partial charge is 0.347 e. The summed E-state index contributed by atoms with van der Waals surface area (Å²) in [5, 5.41) is -0.167. The summed E-state index contributed by atoms with van der Waals surface area (Å²) in [5.41, 5.74) is 0. The number of hydrogen-bond donors (Lipinski definition) is 2. The maximum absolute atomic E-state index is 12.9. The fourth-order valence-electron chi connectivity index (χ4n) is 1.56. The van der Waals surface area contributed by atoms with Gasteiger partial charge >= 0.3 is 0 Å². The van der Waals surface area contributed by atoms with Gasteiger partial charge in [-0.2, -0.15) is 0 Å². The van der Waals surface area contributed by atoms with Crippen molar-refractivity contribution < 1.29 is 12.8 Å². The molecule has 1 aromatic heterocycles. The number of benzene rings is 1. The molecule has 19 heavy (non-hydrogen) atoms. The van der Waals surface area contributed by atoms with Crippen LogP contribution in [-0.4, -0.2) is 18.4 Å². The quantitative estimate of drug-likeness (QED) is 0.909. The first-order valence-electron chi connectivity index (χ1n) is 5.37. The fourth-order valence-corrected chi connectivity index (χ4v) is 3.30. The van der Waals surface area contributed by atoms with Crippen LogP contribution in [0.25, 0.3) is 0 Å². The van der Waals surface area contributed by atoms with Gasteiger partial charge < -0.3 is 4.98 Å². The summed E-state index contributed by atoms with van der Waals surface area (Å²) in [7, 11) is -3.84. The molecule has 2 N–H and O–H groups in total. The van der Waals surface area contributed by atoms with Crippen molar-refractivity contribution in [1.29, 1.82) is 0 Å². The summed E-state index contributed by atoms with van der Waals surface area (Å²) in [5.74, 6) is -0.121. The maximum Gasteiger partial charge on any atom is 0.242 e. The number of sulfonamides is 1. The number of imidazole rings is 1. The Hall–Kier alpha value is -1.44. The molecule has 0 fully saturated rings.